The second kappa shape index (κ2) is 7.67. The Hall–Kier alpha value is -0.0636. The molecule has 0 aliphatic carbocycles. The van der Waals surface area contributed by atoms with Crippen molar-refractivity contribution in [1.82, 2.24) is 4.13 Å². The minimum Gasteiger partial charge on any atom is -1.00 e. The molecule has 0 aromatic heterocycles. The van der Waals surface area contributed by atoms with Crippen molar-refractivity contribution in [1.29, 1.82) is 0 Å². The number of hydrogen-bond donors (Lipinski definition) is 1. The Morgan fingerprint density at radius 3 is 1.23 bits per heavy atom. The monoisotopic (exact) mass is 365 g/mol. The van der Waals surface area contributed by atoms with E-state index in [2.05, 4.69) is 0 Å². The zero-order chi connectivity index (χ0) is 15.7. The van der Waals surface area contributed by atoms with Gasteiger partial charge in [-0.05, 0) is 38.1 Å². The maximum Gasteiger partial charge on any atom is 1.00 e. The van der Waals surface area contributed by atoms with Crippen molar-refractivity contribution in [3.05, 3.63) is 59.7 Å². The summed E-state index contributed by atoms with van der Waals surface area (Å²) in [5.41, 5.74) is 1.77. The molecule has 0 aliphatic rings. The van der Waals surface area contributed by atoms with E-state index < -0.39 is 20.0 Å². The molecule has 2 aromatic carbocycles. The van der Waals surface area contributed by atoms with Crippen LogP contribution in [0.15, 0.2) is 58.3 Å². The van der Waals surface area contributed by atoms with Gasteiger partial charge in [0, 0.05) is 0 Å². The van der Waals surface area contributed by atoms with Crippen LogP contribution in [0.3, 0.4) is 0 Å². The first-order valence-corrected chi connectivity index (χ1v) is 9.09. The molecule has 114 valence electrons. The first kappa shape index (κ1) is 20.0. The van der Waals surface area contributed by atoms with Gasteiger partial charge in [0.1, 0.15) is 0 Å². The Morgan fingerprint density at radius 2 is 0.955 bits per heavy atom. The van der Waals surface area contributed by atoms with E-state index in [1.54, 1.807) is 28.4 Å². The summed E-state index contributed by atoms with van der Waals surface area (Å²) in [4.78, 5) is -0.187. The minimum absolute atomic E-state index is 0. The number of sulfonamides is 2. The van der Waals surface area contributed by atoms with Gasteiger partial charge in [0.25, 0.3) is 20.0 Å². The number of hydrogen-bond acceptors (Lipinski definition) is 4. The molecule has 2 aromatic rings. The third-order valence-electron chi connectivity index (χ3n) is 2.88. The van der Waals surface area contributed by atoms with Crippen LogP contribution >= 0.6 is 0 Å². The summed E-state index contributed by atoms with van der Waals surface area (Å²) in [6.07, 6.45) is 0. The van der Waals surface area contributed by atoms with Gasteiger partial charge in [0.2, 0.25) is 0 Å². The molecule has 0 spiro atoms. The first-order chi connectivity index (χ1) is 9.71. The van der Waals surface area contributed by atoms with E-state index in [4.69, 9.17) is 0 Å². The molecule has 5 nitrogen and oxygen atoms in total. The van der Waals surface area contributed by atoms with E-state index in [9.17, 15) is 16.8 Å². The van der Waals surface area contributed by atoms with Crippen LogP contribution in [0.2, 0.25) is 0 Å². The molecule has 0 fully saturated rings. The van der Waals surface area contributed by atoms with E-state index in [1.165, 1.54) is 24.3 Å². The van der Waals surface area contributed by atoms with Crippen LogP contribution in [0.25, 0.3) is 0 Å². The van der Waals surface area contributed by atoms with Gasteiger partial charge in [0.05, 0.1) is 9.79 Å². The fourth-order valence-corrected chi connectivity index (χ4v) is 4.59. The second-order valence-electron chi connectivity index (χ2n) is 4.72. The predicted molar refractivity (Wildman–Crippen MR) is 81.0 cm³/mol. The number of aryl methyl sites for hydroxylation is 2. The van der Waals surface area contributed by atoms with Crippen molar-refractivity contribution in [3.8, 4) is 0 Å². The van der Waals surface area contributed by atoms with Crippen molar-refractivity contribution in [2.24, 2.45) is 0 Å². The summed E-state index contributed by atoms with van der Waals surface area (Å²) in [5.74, 6) is 0. The fourth-order valence-electron chi connectivity index (χ4n) is 1.68. The molecular weight excluding hydrogens is 349 g/mol. The van der Waals surface area contributed by atoms with E-state index in [-0.39, 0.29) is 62.6 Å². The van der Waals surface area contributed by atoms with Crippen LogP contribution in [0, 0.1) is 13.8 Å². The molecule has 0 unspecified atom stereocenters. The number of nitrogens with one attached hydrogen (secondary N) is 1. The standard InChI is InChI=1S/C14H15NO4S2.K.H/c1-11-3-7-13(8-4-11)20(16,17)15-21(18,19)14-9-5-12(2)6-10-14;;/h3-10,15H,1-2H3;;/q;+1;-1. The normalized spacial score (nSPS) is 11.7. The molecule has 0 heterocycles. The van der Waals surface area contributed by atoms with Crippen LogP contribution in [-0.2, 0) is 20.0 Å². The van der Waals surface area contributed by atoms with Crippen LogP contribution in [0.5, 0.6) is 0 Å². The number of rotatable bonds is 4. The predicted octanol–water partition coefficient (Wildman–Crippen LogP) is -0.913. The largest absolute Gasteiger partial charge is 1.00 e. The Morgan fingerprint density at radius 1 is 0.682 bits per heavy atom. The van der Waals surface area contributed by atoms with Gasteiger partial charge >= 0.3 is 51.4 Å². The number of benzene rings is 2. The molecule has 1 N–H and O–H groups in total. The maximum absolute atomic E-state index is 12.1. The molecule has 8 heteroatoms. The first-order valence-electron chi connectivity index (χ1n) is 6.13. The summed E-state index contributed by atoms with van der Waals surface area (Å²) in [6, 6.07) is 11.9. The van der Waals surface area contributed by atoms with Gasteiger partial charge in [-0.25, -0.2) is 16.8 Å². The van der Waals surface area contributed by atoms with Crippen molar-refractivity contribution in [3.63, 3.8) is 0 Å². The molecule has 2 rings (SSSR count). The van der Waals surface area contributed by atoms with Gasteiger partial charge in [-0.1, -0.05) is 35.4 Å². The van der Waals surface area contributed by atoms with Gasteiger partial charge in [-0.15, -0.1) is 4.13 Å². The van der Waals surface area contributed by atoms with Gasteiger partial charge < -0.3 is 1.43 Å². The van der Waals surface area contributed by atoms with E-state index in [0.717, 1.165) is 11.1 Å². The van der Waals surface area contributed by atoms with Crippen LogP contribution < -0.4 is 55.5 Å². The zero-order valence-corrected chi connectivity index (χ0v) is 17.3. The second-order valence-corrected chi connectivity index (χ2v) is 8.34. The summed E-state index contributed by atoms with van der Waals surface area (Å²) in [7, 11) is -8.26. The van der Waals surface area contributed by atoms with Crippen molar-refractivity contribution < 1.29 is 69.6 Å². The molecule has 0 atom stereocenters. The Bertz CT molecular complexity index is 775. The molecule has 0 saturated heterocycles. The topological polar surface area (TPSA) is 80.3 Å². The zero-order valence-electron chi connectivity index (χ0n) is 13.6. The Balaban J connectivity index is 0.00000242. The van der Waals surface area contributed by atoms with Gasteiger partial charge in [0.15, 0.2) is 0 Å². The molecular formula is C14H16KNO4S2. The van der Waals surface area contributed by atoms with Crippen molar-refractivity contribution in [2.75, 3.05) is 0 Å². The Kier molecular flexibility index (Phi) is 6.97. The third-order valence-corrected chi connectivity index (χ3v) is 6.42. The van der Waals surface area contributed by atoms with Gasteiger partial charge in [-0.2, -0.15) is 0 Å². The van der Waals surface area contributed by atoms with E-state index in [1.807, 2.05) is 13.8 Å². The smallest absolute Gasteiger partial charge is 1.00 e. The SMILES string of the molecule is Cc1ccc(S(=O)(=O)NS(=O)(=O)c2ccc(C)cc2)cc1.[H-].[K+]. The summed E-state index contributed by atoms with van der Waals surface area (Å²) in [6.45, 7) is 3.62. The average Bonchev–Trinajstić information content (AvgIpc) is 2.38. The Labute approximate surface area is 175 Å². The molecule has 0 aliphatic heterocycles. The minimum atomic E-state index is -4.13. The molecule has 0 radical (unpaired) electrons. The molecule has 0 bridgehead atoms. The summed E-state index contributed by atoms with van der Waals surface area (Å²) in [5, 5.41) is 0. The summed E-state index contributed by atoms with van der Waals surface area (Å²) >= 11 is 0. The van der Waals surface area contributed by atoms with Crippen LogP contribution in [0.4, 0.5) is 0 Å². The van der Waals surface area contributed by atoms with Crippen molar-refractivity contribution in [2.45, 2.75) is 23.6 Å². The van der Waals surface area contributed by atoms with E-state index in [0.29, 0.717) is 0 Å². The van der Waals surface area contributed by atoms with Crippen molar-refractivity contribution >= 4 is 20.0 Å². The summed E-state index contributed by atoms with van der Waals surface area (Å²) < 4.78 is 50.2. The maximum atomic E-state index is 12.1. The molecule has 22 heavy (non-hydrogen) atoms. The quantitative estimate of drug-likeness (QED) is 0.711. The fraction of sp³-hybridized carbons (Fsp3) is 0.143. The van der Waals surface area contributed by atoms with Crippen LogP contribution in [-0.4, -0.2) is 16.8 Å². The molecule has 0 saturated carbocycles. The van der Waals surface area contributed by atoms with E-state index >= 15 is 0 Å². The average molecular weight is 366 g/mol. The molecule has 0 amide bonds. The van der Waals surface area contributed by atoms with Gasteiger partial charge in [-0.3, -0.25) is 0 Å². The third kappa shape index (κ3) is 4.97. The van der Waals surface area contributed by atoms with Crippen LogP contribution in [0.1, 0.15) is 12.6 Å².